The Labute approximate surface area is 702 Å². The number of carbonyl (C=O) groups excluding carboxylic acids is 15. The zero-order valence-corrected chi connectivity index (χ0v) is 74.4. The number of hydrogen-bond acceptors (Lipinski definition) is 32. The van der Waals surface area contributed by atoms with Gasteiger partial charge in [-0.15, -0.1) is 0 Å². The number of carboxylic acids is 1. The number of aliphatic hydroxyl groups is 1. The van der Waals surface area contributed by atoms with Gasteiger partial charge in [-0.05, 0) is 169 Å². The van der Waals surface area contributed by atoms with E-state index in [4.69, 9.17) is 53.2 Å². The minimum atomic E-state index is -0.876. The van der Waals surface area contributed by atoms with Crippen LogP contribution in [0.2, 0.25) is 0 Å². The summed E-state index contributed by atoms with van der Waals surface area (Å²) in [5, 5.41) is 20.4. The molecule has 2 amide bonds. The molecule has 0 aromatic heterocycles. The summed E-state index contributed by atoms with van der Waals surface area (Å²) in [5.74, 6) is -3.01. The van der Waals surface area contributed by atoms with Crippen molar-refractivity contribution in [2.75, 3.05) is 118 Å². The summed E-state index contributed by atoms with van der Waals surface area (Å²) < 4.78 is 58.3. The number of esters is 6. The van der Waals surface area contributed by atoms with Gasteiger partial charge in [-0.2, -0.15) is 9.59 Å². The third-order valence-electron chi connectivity index (χ3n) is 22.2. The van der Waals surface area contributed by atoms with Crippen molar-refractivity contribution in [2.45, 2.75) is 209 Å². The van der Waals surface area contributed by atoms with Gasteiger partial charge in [-0.25, -0.2) is 10.1 Å². The zero-order chi connectivity index (χ0) is 91.5. The van der Waals surface area contributed by atoms with Crippen molar-refractivity contribution < 1.29 is 153 Å². The molecular weight excluding hydrogens is 1560 g/mol. The summed E-state index contributed by atoms with van der Waals surface area (Å²) in [6.45, 7) is 26.9. The van der Waals surface area contributed by atoms with Crippen LogP contribution >= 0.6 is 0 Å². The molecule has 7 aliphatic carbocycles. The lowest BCUT2D eigenvalue weighted by Gasteiger charge is -2.35. The second-order valence-electron chi connectivity index (χ2n) is 32.6. The highest BCUT2D eigenvalue weighted by Crippen LogP contribution is 2.43. The summed E-state index contributed by atoms with van der Waals surface area (Å²) in [6, 6.07) is 0. The number of hydroxylamine groups is 4. The molecule has 684 valence electrons. The average Bonchev–Trinajstić information content (AvgIpc) is 1.68. The van der Waals surface area contributed by atoms with Gasteiger partial charge in [0.2, 0.25) is 18.2 Å². The number of methoxy groups -OCH3 is 6. The largest absolute Gasteiger partial charge is 0.481 e. The summed E-state index contributed by atoms with van der Waals surface area (Å²) in [5.41, 5.74) is 0.625. The second kappa shape index (κ2) is 61.0. The first kappa shape index (κ1) is 113. The number of nitrogens with zero attached hydrogens (tertiary/aromatic N) is 3. The number of aliphatic hydroxyl groups excluding tert-OH is 1. The van der Waals surface area contributed by atoms with E-state index < -0.39 is 29.7 Å². The molecule has 0 aliphatic heterocycles. The molecule has 119 heavy (non-hydrogen) atoms. The molecule has 0 heterocycles. The monoisotopic (exact) mass is 1700 g/mol. The number of carboxylic acid groups (broad SMARTS) is 1. The topological polar surface area (TPSA) is 453 Å². The number of hydrogen-bond donors (Lipinski definition) is 2. The number of ether oxygens (including phenoxy) is 12. The SMILES string of the molecule is C=C1C[C@H](COC=O)[C@@H](C(=O)OC)C1.CCC1CC[C@@H](C(=O)OC)C1.CCC1C[C@H](C(=O)O)[C@@H](C(=O)N(C)OC)C1.CCC1C[C@H](C(=O)OC)[C@@H](C(=O)N(C)OC)C1.CCC1C[C@H](COC=O)[C@@H](C(=O)OC)C1.CN(C)C(OC(C)(C)C)OC(C)(C)C.COC(=O)[C@H]1CC(=O)C[C@@H]1COC=O.COC(=O)[C@H]1CC(CO)C[C@@H]1COC=O.O=C=O. The molecule has 0 aromatic rings. The fourth-order valence-electron chi connectivity index (χ4n) is 15.6. The van der Waals surface area contributed by atoms with Gasteiger partial charge in [0.1, 0.15) is 5.78 Å². The average molecular weight is 1710 g/mol. The normalized spacial score (nSPS) is 26.1. The van der Waals surface area contributed by atoms with Crippen molar-refractivity contribution in [3.8, 4) is 0 Å². The van der Waals surface area contributed by atoms with Crippen molar-refractivity contribution in [1.82, 2.24) is 15.0 Å². The van der Waals surface area contributed by atoms with Gasteiger partial charge in [0, 0.05) is 57.2 Å². The molecule has 35 nitrogen and oxygen atoms in total. The maximum atomic E-state index is 12.1. The highest BCUT2D eigenvalue weighted by atomic mass is 16.7. The predicted molar refractivity (Wildman–Crippen MR) is 426 cm³/mol. The van der Waals surface area contributed by atoms with Crippen LogP contribution in [0, 0.1) is 107 Å². The summed E-state index contributed by atoms with van der Waals surface area (Å²) in [7, 11) is 18.0. The molecule has 2 N–H and O–H groups in total. The number of allylic oxidation sites excluding steroid dienone is 1. The van der Waals surface area contributed by atoms with E-state index in [2.05, 4.69) is 60.5 Å². The highest BCUT2D eigenvalue weighted by Gasteiger charge is 2.47. The first-order valence-corrected chi connectivity index (χ1v) is 40.4. The van der Waals surface area contributed by atoms with Gasteiger partial charge in [0.05, 0.1) is 148 Å². The summed E-state index contributed by atoms with van der Waals surface area (Å²) >= 11 is 0. The van der Waals surface area contributed by atoms with Crippen LogP contribution in [0.4, 0.5) is 0 Å². The second-order valence-corrected chi connectivity index (χ2v) is 32.6. The Morgan fingerprint density at radius 2 is 0.748 bits per heavy atom. The maximum Gasteiger partial charge on any atom is 0.373 e. The van der Waals surface area contributed by atoms with E-state index in [1.165, 1.54) is 81.8 Å². The van der Waals surface area contributed by atoms with Crippen LogP contribution in [0.15, 0.2) is 12.2 Å². The van der Waals surface area contributed by atoms with Crippen LogP contribution < -0.4 is 0 Å². The van der Waals surface area contributed by atoms with Crippen LogP contribution in [0.3, 0.4) is 0 Å². The molecule has 35 heteroatoms. The predicted octanol–water partition coefficient (Wildman–Crippen LogP) is 8.43. The zero-order valence-electron chi connectivity index (χ0n) is 74.4. The number of rotatable bonds is 31. The third-order valence-corrected chi connectivity index (χ3v) is 22.2. The first-order valence-electron chi connectivity index (χ1n) is 40.4. The number of amides is 2. The number of ketones is 1. The molecule has 7 saturated carbocycles. The van der Waals surface area contributed by atoms with Crippen LogP contribution in [0.25, 0.3) is 0 Å². The minimum Gasteiger partial charge on any atom is -0.481 e. The molecule has 7 aliphatic rings. The smallest absolute Gasteiger partial charge is 0.373 e. The van der Waals surface area contributed by atoms with Crippen LogP contribution in [-0.2, 0) is 143 Å². The van der Waals surface area contributed by atoms with Crippen molar-refractivity contribution in [3.05, 3.63) is 12.2 Å². The Bertz CT molecular complexity index is 2980. The van der Waals surface area contributed by atoms with Gasteiger partial charge in [0.25, 0.3) is 25.9 Å². The maximum absolute atomic E-state index is 12.1. The molecule has 7 rings (SSSR count). The van der Waals surface area contributed by atoms with Crippen molar-refractivity contribution in [3.63, 3.8) is 0 Å². The summed E-state index contributed by atoms with van der Waals surface area (Å²) in [4.78, 5) is 182. The molecule has 0 saturated heterocycles. The molecule has 5 unspecified atom stereocenters. The Hall–Kier alpha value is -8.34. The standard InChI is InChI=1S/C12H21NO4.C11H19NO4.C11H25NO2.C11H18O4.C10H16O5.C10H14O4.C9H12O5.C9H16O2.CO2/c1-5-8-6-9(11(14)13(2)17-4)10(7-8)12(15)16-3;1-4-7-5-8(9(6-7)11(14)15)10(13)12(2)16-3;1-10(2,3)13-9(12(7)8)14-11(4,5)6;1-3-8-4-9(6-15-7-12)10(5-8)11(13)14-2;1-14-10(13)9-3-7(4-11)2-8(9)5-15-6-12;1-7-3-8(5-14-6-11)9(4-7)10(12)13-2;1-13-9(12)8-3-7(11)2-6(8)4-14-5-10;1-3-7-4-5-8(6-7)9(10)11-2;2-1-3/h8-10H,5-7H2,1-4H3;7-9H,4-6H2,1-3H3,(H,14,15);9H,1-8H3;7-10H,3-6H2,1-2H3;6-9,11H,2-5H2,1H3;6,8-9H,1,3-5H2,2H3;5-6,8H,2-4H2,1H3;7-8H,3-6H2,1-2H3;/t8?,9-,10-;7?,8-,9-;;8?,9-,10+;7?,8-,9+;8-,9+;6-,8+;7?,8-;/m00.11111./s1. The lowest BCUT2D eigenvalue weighted by atomic mass is 9.95. The van der Waals surface area contributed by atoms with E-state index >= 15 is 0 Å². The molecule has 0 spiro atoms. The van der Waals surface area contributed by atoms with E-state index in [1.807, 2.05) is 67.5 Å². The van der Waals surface area contributed by atoms with Crippen LogP contribution in [-0.4, -0.2) is 252 Å². The molecule has 0 aromatic carbocycles. The van der Waals surface area contributed by atoms with Crippen LogP contribution in [0.1, 0.15) is 191 Å². The van der Waals surface area contributed by atoms with E-state index in [9.17, 15) is 67.1 Å². The van der Waals surface area contributed by atoms with Gasteiger partial charge in [-0.3, -0.25) is 81.7 Å². The molecule has 0 bridgehead atoms. The Morgan fingerprint density at radius 1 is 0.429 bits per heavy atom. The quantitative estimate of drug-likeness (QED) is 0.0164. The van der Waals surface area contributed by atoms with Gasteiger partial charge >= 0.3 is 47.9 Å². The Kier molecular flexibility index (Phi) is 57.8. The van der Waals surface area contributed by atoms with Crippen molar-refractivity contribution in [1.29, 1.82) is 0 Å². The Morgan fingerprint density at radius 3 is 1.09 bits per heavy atom. The molecule has 18 atom stereocenters. The van der Waals surface area contributed by atoms with E-state index in [-0.39, 0.29) is 176 Å². The fourth-order valence-corrected chi connectivity index (χ4v) is 15.6. The third kappa shape index (κ3) is 42.6. The highest BCUT2D eigenvalue weighted by molar-refractivity contribution is 5.89. The van der Waals surface area contributed by atoms with E-state index in [1.54, 1.807) is 7.05 Å². The Balaban J connectivity index is 0. The first-order chi connectivity index (χ1) is 56.1. The lowest BCUT2D eigenvalue weighted by molar-refractivity contribution is -0.285. The van der Waals surface area contributed by atoms with Crippen LogP contribution in [0.5, 0.6) is 0 Å². The summed E-state index contributed by atoms with van der Waals surface area (Å²) in [6.07, 6.45) is 15.1. The lowest BCUT2D eigenvalue weighted by Crippen LogP contribution is -2.43. The minimum absolute atomic E-state index is 0.0130. The van der Waals surface area contributed by atoms with Gasteiger partial charge in [0.15, 0.2) is 0 Å². The number of Topliss-reactive ketones (excluding diaryl/α,β-unsaturated/α-hetero) is 1. The van der Waals surface area contributed by atoms with E-state index in [0.717, 1.165) is 80.8 Å². The fraction of sp³-hybridized carbons (Fsp3) is 0.798. The van der Waals surface area contributed by atoms with Gasteiger partial charge < -0.3 is 67.1 Å². The van der Waals surface area contributed by atoms with Crippen molar-refractivity contribution in [2.24, 2.45) is 107 Å². The van der Waals surface area contributed by atoms with E-state index in [0.29, 0.717) is 82.4 Å². The molecular formula is C84H141N3O32. The van der Waals surface area contributed by atoms with Crippen molar-refractivity contribution >= 4 is 91.4 Å². The number of aliphatic carboxylic acids is 1. The van der Waals surface area contributed by atoms with Gasteiger partial charge in [-0.1, -0.05) is 65.5 Å². The molecule has 7 fully saturated rings. The molecule has 0 radical (unpaired) electrons. The number of carbonyl (C=O) groups is 14.